The maximum atomic E-state index is 13.1. The molecule has 2 aliphatic rings. The predicted molar refractivity (Wildman–Crippen MR) is 147 cm³/mol. The molecule has 1 aromatic carbocycles. The van der Waals surface area contributed by atoms with E-state index in [1.54, 1.807) is 47.8 Å². The molecule has 0 radical (unpaired) electrons. The van der Waals surface area contributed by atoms with Gasteiger partial charge in [-0.3, -0.25) is 19.4 Å². The van der Waals surface area contributed by atoms with Crippen LogP contribution in [-0.4, -0.2) is 81.9 Å². The number of benzene rings is 1. The van der Waals surface area contributed by atoms with Crippen molar-refractivity contribution >= 4 is 27.6 Å². The molecule has 2 aliphatic heterocycles. The molecule has 3 atom stereocenters. The number of likely N-dealkylation sites (tertiary alicyclic amines) is 1. The van der Waals surface area contributed by atoms with Crippen LogP contribution in [0.3, 0.4) is 0 Å². The molecule has 0 saturated carbocycles. The fourth-order valence-corrected chi connectivity index (χ4v) is 7.16. The Morgan fingerprint density at radius 1 is 1.18 bits per heavy atom. The van der Waals surface area contributed by atoms with Gasteiger partial charge in [0.15, 0.2) is 5.78 Å². The van der Waals surface area contributed by atoms with Gasteiger partial charge in [-0.2, -0.15) is 4.31 Å². The Kier molecular flexibility index (Phi) is 8.08. The van der Waals surface area contributed by atoms with Crippen LogP contribution < -0.4 is 5.32 Å². The molecule has 4 heterocycles. The summed E-state index contributed by atoms with van der Waals surface area (Å²) < 4.78 is 27.5. The molecule has 2 N–H and O–H groups in total. The van der Waals surface area contributed by atoms with Gasteiger partial charge in [-0.1, -0.05) is 25.1 Å². The fourth-order valence-electron chi connectivity index (χ4n) is 5.45. The second-order valence-electron chi connectivity index (χ2n) is 10.4. The summed E-state index contributed by atoms with van der Waals surface area (Å²) in [7, 11) is -3.74. The molecule has 2 aromatic heterocycles. The molecule has 12 heteroatoms. The highest BCUT2D eigenvalue weighted by Crippen LogP contribution is 2.33. The number of sulfonamides is 1. The van der Waals surface area contributed by atoms with Crippen LogP contribution in [0.25, 0.3) is 11.4 Å². The molecule has 2 fully saturated rings. The monoisotopic (exact) mass is 564 g/mol. The number of amides is 2. The molecule has 40 heavy (non-hydrogen) atoms. The van der Waals surface area contributed by atoms with Crippen LogP contribution in [-0.2, 0) is 25.4 Å². The number of hydrogen-bond acceptors (Lipinski definition) is 7. The number of H-pyrrole nitrogens is 1. The summed E-state index contributed by atoms with van der Waals surface area (Å²) in [5, 5.41) is 2.89. The van der Waals surface area contributed by atoms with Crippen LogP contribution in [0.5, 0.6) is 0 Å². The van der Waals surface area contributed by atoms with Crippen LogP contribution in [0.15, 0.2) is 61.2 Å². The summed E-state index contributed by atoms with van der Waals surface area (Å²) in [5.41, 5.74) is 1.97. The van der Waals surface area contributed by atoms with E-state index in [0.717, 1.165) is 11.4 Å². The minimum Gasteiger partial charge on any atom is -0.352 e. The number of aromatic amines is 1. The van der Waals surface area contributed by atoms with E-state index in [1.165, 1.54) is 10.5 Å². The second-order valence-corrected chi connectivity index (χ2v) is 12.3. The summed E-state index contributed by atoms with van der Waals surface area (Å²) in [5.74, 6) is -0.148. The first-order chi connectivity index (χ1) is 19.2. The topological polar surface area (TPSA) is 145 Å². The number of carbonyl (C=O) groups excluding carboxylic acids is 3. The second kappa shape index (κ2) is 11.7. The Bertz CT molecular complexity index is 1460. The number of fused-ring (bicyclic) bond motifs is 1. The highest BCUT2D eigenvalue weighted by Gasteiger charge is 2.53. The number of nitrogens with zero attached hydrogens (tertiary/aromatic N) is 4. The van der Waals surface area contributed by atoms with Gasteiger partial charge in [0, 0.05) is 55.4 Å². The van der Waals surface area contributed by atoms with Crippen LogP contribution in [0.4, 0.5) is 0 Å². The van der Waals surface area contributed by atoms with E-state index in [2.05, 4.69) is 20.3 Å². The minimum atomic E-state index is -3.74. The van der Waals surface area contributed by atoms with Crippen molar-refractivity contribution in [2.75, 3.05) is 19.6 Å². The number of nitrogens with one attached hydrogen (secondary N) is 2. The predicted octanol–water partition coefficient (Wildman–Crippen LogP) is 2.00. The summed E-state index contributed by atoms with van der Waals surface area (Å²) in [6.07, 6.45) is 7.70. The third-order valence-electron chi connectivity index (χ3n) is 7.49. The molecule has 0 spiro atoms. The van der Waals surface area contributed by atoms with E-state index >= 15 is 0 Å². The number of pyridine rings is 1. The van der Waals surface area contributed by atoms with Crippen molar-refractivity contribution in [2.45, 2.75) is 44.0 Å². The Labute approximate surface area is 233 Å². The number of imidazole rings is 1. The lowest BCUT2D eigenvalue weighted by Gasteiger charge is -2.25. The van der Waals surface area contributed by atoms with Gasteiger partial charge in [0.05, 0.1) is 18.3 Å². The van der Waals surface area contributed by atoms with Gasteiger partial charge in [0.2, 0.25) is 15.9 Å². The van der Waals surface area contributed by atoms with E-state index in [-0.39, 0.29) is 42.2 Å². The van der Waals surface area contributed by atoms with Gasteiger partial charge < -0.3 is 15.2 Å². The quantitative estimate of drug-likeness (QED) is 0.383. The van der Waals surface area contributed by atoms with Gasteiger partial charge >= 0.3 is 0 Å². The standard InChI is InChI=1S/C28H32N6O5S/c1-19(8-11-32-28(37)22-6-4-21(5-7-22)27-30-12-13-31-27)15-25(36)33-14-9-23-26(33)24(35)17-34(23)40(38,39)18-20-3-2-10-29-16-20/h2-7,10,12-13,16,19,23,26H,8-9,11,14-15,17-18H2,1H3,(H,30,31)(H,32,37). The Balaban J connectivity index is 1.10. The lowest BCUT2D eigenvalue weighted by Crippen LogP contribution is -2.44. The zero-order valence-corrected chi connectivity index (χ0v) is 23.0. The van der Waals surface area contributed by atoms with Crippen molar-refractivity contribution < 1.29 is 22.8 Å². The van der Waals surface area contributed by atoms with E-state index in [0.29, 0.717) is 37.1 Å². The molecule has 0 aliphatic carbocycles. The molecule has 2 amide bonds. The molecule has 2 saturated heterocycles. The summed E-state index contributed by atoms with van der Waals surface area (Å²) >= 11 is 0. The Morgan fingerprint density at radius 3 is 2.67 bits per heavy atom. The van der Waals surface area contributed by atoms with Gasteiger partial charge in [0.25, 0.3) is 5.91 Å². The molecule has 5 rings (SSSR count). The number of carbonyl (C=O) groups is 3. The summed E-state index contributed by atoms with van der Waals surface area (Å²) in [6.45, 7) is 2.46. The maximum Gasteiger partial charge on any atom is 0.251 e. The highest BCUT2D eigenvalue weighted by atomic mass is 32.2. The smallest absolute Gasteiger partial charge is 0.251 e. The average Bonchev–Trinajstić information content (AvgIpc) is 3.68. The van der Waals surface area contributed by atoms with E-state index < -0.39 is 22.1 Å². The van der Waals surface area contributed by atoms with Crippen molar-refractivity contribution in [3.05, 3.63) is 72.3 Å². The lowest BCUT2D eigenvalue weighted by molar-refractivity contribution is -0.137. The number of aromatic nitrogens is 3. The number of Topliss-reactive ketones (excluding diaryl/α,β-unsaturated/α-hetero) is 1. The van der Waals surface area contributed by atoms with Gasteiger partial charge in [0.1, 0.15) is 11.9 Å². The largest absolute Gasteiger partial charge is 0.352 e. The summed E-state index contributed by atoms with van der Waals surface area (Å²) in [6, 6.07) is 9.21. The third-order valence-corrected chi connectivity index (χ3v) is 9.30. The molecule has 0 bridgehead atoms. The van der Waals surface area contributed by atoms with Crippen molar-refractivity contribution in [3.8, 4) is 11.4 Å². The Hall–Kier alpha value is -3.90. The first-order valence-corrected chi connectivity index (χ1v) is 14.9. The number of rotatable bonds is 10. The first kappa shape index (κ1) is 27.7. The van der Waals surface area contributed by atoms with E-state index in [9.17, 15) is 22.8 Å². The Morgan fingerprint density at radius 2 is 1.98 bits per heavy atom. The number of ketones is 1. The van der Waals surface area contributed by atoms with Crippen LogP contribution in [0, 0.1) is 5.92 Å². The zero-order chi connectivity index (χ0) is 28.3. The zero-order valence-electron chi connectivity index (χ0n) is 22.2. The molecule has 210 valence electrons. The van der Waals surface area contributed by atoms with Crippen LogP contribution >= 0.6 is 0 Å². The maximum absolute atomic E-state index is 13.1. The van der Waals surface area contributed by atoms with Crippen LogP contribution in [0.2, 0.25) is 0 Å². The van der Waals surface area contributed by atoms with Gasteiger partial charge in [-0.15, -0.1) is 0 Å². The molecular weight excluding hydrogens is 532 g/mol. The van der Waals surface area contributed by atoms with Crippen molar-refractivity contribution in [1.82, 2.24) is 29.5 Å². The van der Waals surface area contributed by atoms with Crippen LogP contribution in [0.1, 0.15) is 42.1 Å². The van der Waals surface area contributed by atoms with E-state index in [4.69, 9.17) is 0 Å². The summed E-state index contributed by atoms with van der Waals surface area (Å²) in [4.78, 5) is 51.3. The van der Waals surface area contributed by atoms with Crippen molar-refractivity contribution in [2.24, 2.45) is 5.92 Å². The SMILES string of the molecule is CC(CCNC(=O)c1ccc(-c2ncc[nH]2)cc1)CC(=O)N1CCC2C1C(=O)CN2S(=O)(=O)Cc1cccnc1. The molecule has 3 aromatic rings. The molecular formula is C28H32N6O5S. The highest BCUT2D eigenvalue weighted by molar-refractivity contribution is 7.88. The normalized spacial score (nSPS) is 19.9. The minimum absolute atomic E-state index is 0.0323. The van der Waals surface area contributed by atoms with Crippen molar-refractivity contribution in [1.29, 1.82) is 0 Å². The average molecular weight is 565 g/mol. The number of hydrogen-bond donors (Lipinski definition) is 2. The molecule has 3 unspecified atom stereocenters. The third kappa shape index (κ3) is 5.97. The fraction of sp³-hybridized carbons (Fsp3) is 0.393. The molecule has 11 nitrogen and oxygen atoms in total. The first-order valence-electron chi connectivity index (χ1n) is 13.3. The van der Waals surface area contributed by atoms with Gasteiger partial charge in [-0.05, 0) is 42.5 Å². The van der Waals surface area contributed by atoms with Crippen molar-refractivity contribution in [3.63, 3.8) is 0 Å². The lowest BCUT2D eigenvalue weighted by atomic mass is 10.0. The van der Waals surface area contributed by atoms with Gasteiger partial charge in [-0.25, -0.2) is 13.4 Å². The van der Waals surface area contributed by atoms with E-state index in [1.807, 2.05) is 19.1 Å².